The molecule has 0 saturated carbocycles. The van der Waals surface area contributed by atoms with Crippen molar-refractivity contribution in [1.29, 1.82) is 5.26 Å². The highest BCUT2D eigenvalue weighted by molar-refractivity contribution is 5.91. The number of ether oxygens (including phenoxy) is 2. The smallest absolute Gasteiger partial charge is 0.124 e. The molecule has 1 heterocycles. The summed E-state index contributed by atoms with van der Waals surface area (Å²) in [5.74, 6) is 1.66. The van der Waals surface area contributed by atoms with Crippen molar-refractivity contribution in [3.8, 4) is 11.8 Å². The van der Waals surface area contributed by atoms with Crippen LogP contribution in [0.1, 0.15) is 38.8 Å². The lowest BCUT2D eigenvalue weighted by Gasteiger charge is -2.33. The van der Waals surface area contributed by atoms with Crippen LogP contribution in [0.15, 0.2) is 34.3 Å². The minimum atomic E-state index is -0.550. The molecule has 0 fully saturated rings. The van der Waals surface area contributed by atoms with Crippen LogP contribution >= 0.6 is 0 Å². The molecule has 1 N–H and O–H groups in total. The molecule has 6 heteroatoms. The number of nitrogens with zero attached hydrogens (tertiary/aromatic N) is 3. The summed E-state index contributed by atoms with van der Waals surface area (Å²) in [6.45, 7) is 6.50. The SMILES string of the molecule is CCC(=N[C@H]1c2ccccc2OC[C@@H]1OCC(C)(C)C#N)NC=NC. The molecule has 0 amide bonds. The second-order valence-electron chi connectivity index (χ2n) is 6.60. The van der Waals surface area contributed by atoms with Gasteiger partial charge in [0.25, 0.3) is 0 Å². The van der Waals surface area contributed by atoms with E-state index in [1.165, 1.54) is 0 Å². The van der Waals surface area contributed by atoms with Gasteiger partial charge in [0, 0.05) is 19.0 Å². The van der Waals surface area contributed by atoms with E-state index in [2.05, 4.69) is 16.4 Å². The zero-order valence-electron chi connectivity index (χ0n) is 15.3. The Morgan fingerprint density at radius 1 is 1.48 bits per heavy atom. The van der Waals surface area contributed by atoms with E-state index >= 15 is 0 Å². The molecule has 0 bridgehead atoms. The number of hydrogen-bond acceptors (Lipinski definition) is 5. The van der Waals surface area contributed by atoms with E-state index in [-0.39, 0.29) is 12.1 Å². The molecule has 25 heavy (non-hydrogen) atoms. The highest BCUT2D eigenvalue weighted by Crippen LogP contribution is 2.36. The Morgan fingerprint density at radius 3 is 2.92 bits per heavy atom. The summed E-state index contributed by atoms with van der Waals surface area (Å²) < 4.78 is 11.9. The molecule has 2 atom stereocenters. The van der Waals surface area contributed by atoms with E-state index in [9.17, 15) is 5.26 Å². The van der Waals surface area contributed by atoms with Crippen LogP contribution in [0.4, 0.5) is 0 Å². The molecule has 0 unspecified atom stereocenters. The summed E-state index contributed by atoms with van der Waals surface area (Å²) in [6, 6.07) is 9.95. The molecule has 1 aliphatic heterocycles. The van der Waals surface area contributed by atoms with Crippen molar-refractivity contribution in [3.63, 3.8) is 0 Å². The molecule has 134 valence electrons. The van der Waals surface area contributed by atoms with Gasteiger partial charge in [-0.3, -0.25) is 9.98 Å². The van der Waals surface area contributed by atoms with Crippen LogP contribution in [-0.2, 0) is 4.74 Å². The fourth-order valence-corrected chi connectivity index (χ4v) is 2.50. The van der Waals surface area contributed by atoms with Crippen molar-refractivity contribution >= 4 is 12.2 Å². The number of fused-ring (bicyclic) bond motifs is 1. The Balaban J connectivity index is 2.29. The van der Waals surface area contributed by atoms with Gasteiger partial charge >= 0.3 is 0 Å². The summed E-state index contributed by atoms with van der Waals surface area (Å²) in [5.41, 5.74) is 0.445. The number of nitriles is 1. The van der Waals surface area contributed by atoms with E-state index in [0.29, 0.717) is 13.2 Å². The van der Waals surface area contributed by atoms with E-state index < -0.39 is 5.41 Å². The van der Waals surface area contributed by atoms with Gasteiger partial charge in [-0.15, -0.1) is 0 Å². The molecule has 0 radical (unpaired) electrons. The number of benzene rings is 1. The second-order valence-corrected chi connectivity index (χ2v) is 6.60. The van der Waals surface area contributed by atoms with Crippen molar-refractivity contribution in [2.75, 3.05) is 20.3 Å². The topological polar surface area (TPSA) is 79.0 Å². The lowest BCUT2D eigenvalue weighted by molar-refractivity contribution is -0.0286. The van der Waals surface area contributed by atoms with Gasteiger partial charge in [0.1, 0.15) is 30.3 Å². The standard InChI is InChI=1S/C19H26N4O2/c1-5-17(22-13-21-4)23-18-14-8-6-7-9-15(14)24-10-16(18)25-12-19(2,3)11-20/h6-9,13,16,18H,5,10,12H2,1-4H3,(H,21,22,23)/t16-,18-/m0/s1. The number of nitrogens with one attached hydrogen (secondary N) is 1. The Morgan fingerprint density at radius 2 is 2.24 bits per heavy atom. The first kappa shape index (κ1) is 18.9. The summed E-state index contributed by atoms with van der Waals surface area (Å²) in [6.07, 6.45) is 2.13. The lowest BCUT2D eigenvalue weighted by Crippen LogP contribution is -2.36. The first-order chi connectivity index (χ1) is 12.0. The summed E-state index contributed by atoms with van der Waals surface area (Å²) >= 11 is 0. The number of rotatable bonds is 6. The molecule has 1 aliphatic rings. The first-order valence-electron chi connectivity index (χ1n) is 8.49. The minimum Gasteiger partial charge on any atom is -0.490 e. The van der Waals surface area contributed by atoms with Crippen molar-refractivity contribution in [1.82, 2.24) is 5.32 Å². The van der Waals surface area contributed by atoms with Crippen LogP contribution in [-0.4, -0.2) is 38.5 Å². The van der Waals surface area contributed by atoms with E-state index in [1.54, 1.807) is 13.4 Å². The Bertz CT molecular complexity index is 676. The third-order valence-electron chi connectivity index (χ3n) is 3.94. The van der Waals surface area contributed by atoms with Crippen molar-refractivity contribution < 1.29 is 9.47 Å². The lowest BCUT2D eigenvalue weighted by atomic mass is 9.96. The van der Waals surface area contributed by atoms with Gasteiger partial charge in [-0.2, -0.15) is 5.26 Å². The van der Waals surface area contributed by atoms with Crippen LogP contribution in [0.3, 0.4) is 0 Å². The maximum atomic E-state index is 9.21. The predicted molar refractivity (Wildman–Crippen MR) is 99.1 cm³/mol. The molecule has 0 aliphatic carbocycles. The monoisotopic (exact) mass is 342 g/mol. The van der Waals surface area contributed by atoms with Gasteiger partial charge in [0.15, 0.2) is 0 Å². The molecule has 6 nitrogen and oxygen atoms in total. The third-order valence-corrected chi connectivity index (χ3v) is 3.94. The molecular weight excluding hydrogens is 316 g/mol. The first-order valence-corrected chi connectivity index (χ1v) is 8.49. The average molecular weight is 342 g/mol. The van der Waals surface area contributed by atoms with Crippen molar-refractivity contribution in [3.05, 3.63) is 29.8 Å². The average Bonchev–Trinajstić information content (AvgIpc) is 2.64. The third kappa shape index (κ3) is 5.04. The van der Waals surface area contributed by atoms with Gasteiger partial charge in [-0.25, -0.2) is 0 Å². The number of hydrogen-bond donors (Lipinski definition) is 1. The number of para-hydroxylation sites is 1. The van der Waals surface area contributed by atoms with Crippen LogP contribution < -0.4 is 10.1 Å². The van der Waals surface area contributed by atoms with Gasteiger partial charge in [-0.1, -0.05) is 25.1 Å². The normalized spacial score (nSPS) is 20.7. The van der Waals surface area contributed by atoms with E-state index in [0.717, 1.165) is 23.6 Å². The highest BCUT2D eigenvalue weighted by atomic mass is 16.5. The zero-order chi connectivity index (χ0) is 18.3. The molecule has 1 aromatic rings. The molecule has 1 aromatic carbocycles. The second kappa shape index (κ2) is 8.63. The quantitative estimate of drug-likeness (QED) is 0.636. The molecular formula is C19H26N4O2. The number of aliphatic imine (C=N–C) groups is 2. The summed E-state index contributed by atoms with van der Waals surface area (Å²) in [4.78, 5) is 8.82. The summed E-state index contributed by atoms with van der Waals surface area (Å²) in [7, 11) is 1.71. The minimum absolute atomic E-state index is 0.188. The highest BCUT2D eigenvalue weighted by Gasteiger charge is 2.33. The molecule has 2 rings (SSSR count). The fourth-order valence-electron chi connectivity index (χ4n) is 2.50. The van der Waals surface area contributed by atoms with Crippen LogP contribution in [0.25, 0.3) is 0 Å². The largest absolute Gasteiger partial charge is 0.490 e. The van der Waals surface area contributed by atoms with Gasteiger partial charge in [0.2, 0.25) is 0 Å². The Kier molecular flexibility index (Phi) is 6.54. The fraction of sp³-hybridized carbons (Fsp3) is 0.526. The van der Waals surface area contributed by atoms with Crippen LogP contribution in [0, 0.1) is 16.7 Å². The molecule has 0 saturated heterocycles. The maximum Gasteiger partial charge on any atom is 0.124 e. The van der Waals surface area contributed by atoms with Crippen LogP contribution in [0.5, 0.6) is 5.75 Å². The van der Waals surface area contributed by atoms with Crippen LogP contribution in [0.2, 0.25) is 0 Å². The maximum absolute atomic E-state index is 9.21. The molecule has 0 spiro atoms. The summed E-state index contributed by atoms with van der Waals surface area (Å²) in [5, 5.41) is 12.3. The van der Waals surface area contributed by atoms with E-state index in [4.69, 9.17) is 14.5 Å². The van der Waals surface area contributed by atoms with Crippen molar-refractivity contribution in [2.45, 2.75) is 39.3 Å². The van der Waals surface area contributed by atoms with Gasteiger partial charge in [0.05, 0.1) is 24.4 Å². The van der Waals surface area contributed by atoms with Gasteiger partial charge < -0.3 is 14.8 Å². The number of amidine groups is 1. The van der Waals surface area contributed by atoms with E-state index in [1.807, 2.05) is 45.0 Å². The predicted octanol–water partition coefficient (Wildman–Crippen LogP) is 3.11. The molecule has 0 aromatic heterocycles. The zero-order valence-corrected chi connectivity index (χ0v) is 15.3. The Hall–Kier alpha value is -2.39. The van der Waals surface area contributed by atoms with Crippen molar-refractivity contribution in [2.24, 2.45) is 15.4 Å². The van der Waals surface area contributed by atoms with Gasteiger partial charge in [-0.05, 0) is 19.9 Å². The Labute approximate surface area is 149 Å².